The maximum absolute atomic E-state index is 11.2. The van der Waals surface area contributed by atoms with Crippen molar-refractivity contribution < 1.29 is 14.6 Å². The molecule has 0 aromatic carbocycles. The zero-order chi connectivity index (χ0) is 10.5. The van der Waals surface area contributed by atoms with Gasteiger partial charge in [0.25, 0.3) is 0 Å². The summed E-state index contributed by atoms with van der Waals surface area (Å²) in [5, 5.41) is 9.21. The van der Waals surface area contributed by atoms with E-state index in [2.05, 4.69) is 0 Å². The maximum atomic E-state index is 11.2. The van der Waals surface area contributed by atoms with Gasteiger partial charge in [0.15, 0.2) is 5.78 Å². The molecule has 13 heavy (non-hydrogen) atoms. The average molecular weight is 188 g/mol. The topological polar surface area (TPSA) is 46.5 Å². The lowest BCUT2D eigenvalue weighted by molar-refractivity contribution is -0.128. The van der Waals surface area contributed by atoms with Gasteiger partial charge in [-0.3, -0.25) is 4.79 Å². The van der Waals surface area contributed by atoms with Crippen LogP contribution in [0.1, 0.15) is 40.0 Å². The van der Waals surface area contributed by atoms with Crippen LogP contribution in [-0.2, 0) is 9.53 Å². The van der Waals surface area contributed by atoms with Crippen molar-refractivity contribution in [1.82, 2.24) is 0 Å². The molecule has 78 valence electrons. The number of carbonyl (C=O) groups excluding carboxylic acids is 1. The van der Waals surface area contributed by atoms with Gasteiger partial charge >= 0.3 is 0 Å². The fourth-order valence-corrected chi connectivity index (χ4v) is 0.921. The van der Waals surface area contributed by atoms with Gasteiger partial charge in [-0.2, -0.15) is 0 Å². The number of aliphatic hydroxyl groups is 1. The molecule has 3 nitrogen and oxygen atoms in total. The smallest absolute Gasteiger partial charge is 0.161 e. The van der Waals surface area contributed by atoms with Crippen LogP contribution in [-0.4, -0.2) is 29.7 Å². The fraction of sp³-hybridized carbons (Fsp3) is 0.900. The summed E-state index contributed by atoms with van der Waals surface area (Å²) in [7, 11) is 1.63. The summed E-state index contributed by atoms with van der Waals surface area (Å²) in [4.78, 5) is 11.2. The first-order chi connectivity index (χ1) is 5.93. The van der Waals surface area contributed by atoms with E-state index in [1.165, 1.54) is 0 Å². The van der Waals surface area contributed by atoms with Crippen LogP contribution in [0.4, 0.5) is 0 Å². The molecule has 1 atom stereocenters. The Morgan fingerprint density at radius 3 is 2.46 bits per heavy atom. The summed E-state index contributed by atoms with van der Waals surface area (Å²) in [6, 6.07) is 0. The Balaban J connectivity index is 3.83. The molecule has 1 unspecified atom stereocenters. The molecule has 0 heterocycles. The molecule has 0 fully saturated rings. The second-order valence-corrected chi connectivity index (χ2v) is 3.85. The molecular weight excluding hydrogens is 168 g/mol. The van der Waals surface area contributed by atoms with Crippen molar-refractivity contribution >= 4 is 5.78 Å². The Hall–Kier alpha value is -0.410. The predicted molar refractivity (Wildman–Crippen MR) is 51.6 cm³/mol. The molecule has 0 amide bonds. The third-order valence-corrected chi connectivity index (χ3v) is 2.28. The molecule has 0 radical (unpaired) electrons. The van der Waals surface area contributed by atoms with Gasteiger partial charge in [0.2, 0.25) is 0 Å². The van der Waals surface area contributed by atoms with Crippen molar-refractivity contribution in [3.05, 3.63) is 0 Å². The number of ketones is 1. The van der Waals surface area contributed by atoms with E-state index in [-0.39, 0.29) is 11.4 Å². The SMILES string of the molecule is CCC(O)C(=O)CCC(C)(C)OC. The van der Waals surface area contributed by atoms with Crippen LogP contribution >= 0.6 is 0 Å². The fourth-order valence-electron chi connectivity index (χ4n) is 0.921. The monoisotopic (exact) mass is 188 g/mol. The lowest BCUT2D eigenvalue weighted by atomic mass is 9.98. The summed E-state index contributed by atoms with van der Waals surface area (Å²) < 4.78 is 5.17. The molecule has 0 saturated carbocycles. The van der Waals surface area contributed by atoms with E-state index in [4.69, 9.17) is 4.74 Å². The minimum atomic E-state index is -0.798. The molecule has 0 aliphatic rings. The first kappa shape index (κ1) is 12.6. The van der Waals surface area contributed by atoms with Gasteiger partial charge in [-0.15, -0.1) is 0 Å². The molecule has 0 aliphatic carbocycles. The Morgan fingerprint density at radius 1 is 1.54 bits per heavy atom. The quantitative estimate of drug-likeness (QED) is 0.687. The Morgan fingerprint density at radius 2 is 2.08 bits per heavy atom. The lowest BCUT2D eigenvalue weighted by Gasteiger charge is -2.22. The summed E-state index contributed by atoms with van der Waals surface area (Å²) in [6.07, 6.45) is 0.731. The minimum absolute atomic E-state index is 0.0902. The first-order valence-corrected chi connectivity index (χ1v) is 4.69. The second kappa shape index (κ2) is 5.35. The molecule has 3 heteroatoms. The highest BCUT2D eigenvalue weighted by atomic mass is 16.5. The maximum Gasteiger partial charge on any atom is 0.161 e. The van der Waals surface area contributed by atoms with E-state index in [1.54, 1.807) is 14.0 Å². The number of aliphatic hydroxyl groups excluding tert-OH is 1. The number of hydrogen-bond acceptors (Lipinski definition) is 3. The first-order valence-electron chi connectivity index (χ1n) is 4.69. The van der Waals surface area contributed by atoms with E-state index in [0.717, 1.165) is 0 Å². The number of ether oxygens (including phenoxy) is 1. The third kappa shape index (κ3) is 5.01. The molecule has 1 N–H and O–H groups in total. The summed E-state index contributed by atoms with van der Waals surface area (Å²) >= 11 is 0. The highest BCUT2D eigenvalue weighted by molar-refractivity contribution is 5.82. The molecule has 0 bridgehead atoms. The van der Waals surface area contributed by atoms with Crippen LogP contribution in [0.3, 0.4) is 0 Å². The van der Waals surface area contributed by atoms with E-state index in [1.807, 2.05) is 13.8 Å². The predicted octanol–water partition coefficient (Wildman–Crippen LogP) is 1.53. The van der Waals surface area contributed by atoms with Crippen LogP contribution in [0.25, 0.3) is 0 Å². The van der Waals surface area contributed by atoms with Gasteiger partial charge in [-0.1, -0.05) is 6.92 Å². The van der Waals surface area contributed by atoms with Gasteiger partial charge in [0.1, 0.15) is 6.10 Å². The summed E-state index contributed by atoms with van der Waals surface area (Å²) in [6.45, 7) is 5.65. The average Bonchev–Trinajstić information content (AvgIpc) is 2.13. The van der Waals surface area contributed by atoms with Crippen molar-refractivity contribution in [2.75, 3.05) is 7.11 Å². The molecule has 0 aromatic rings. The van der Waals surface area contributed by atoms with E-state index in [0.29, 0.717) is 19.3 Å². The molecular formula is C10H20O3. The molecule has 0 rings (SSSR count). The lowest BCUT2D eigenvalue weighted by Crippen LogP contribution is -2.26. The van der Waals surface area contributed by atoms with Crippen molar-refractivity contribution in [2.24, 2.45) is 0 Å². The van der Waals surface area contributed by atoms with Crippen molar-refractivity contribution in [1.29, 1.82) is 0 Å². The molecule has 0 saturated heterocycles. The minimum Gasteiger partial charge on any atom is -0.385 e. The number of Topliss-reactive ketones (excluding diaryl/α,β-unsaturated/α-hetero) is 1. The Bertz CT molecular complexity index is 164. The summed E-state index contributed by atoms with van der Waals surface area (Å²) in [5.74, 6) is -0.0902. The molecule has 0 aliphatic heterocycles. The highest BCUT2D eigenvalue weighted by Crippen LogP contribution is 2.16. The van der Waals surface area contributed by atoms with Crippen LogP contribution in [0, 0.1) is 0 Å². The zero-order valence-corrected chi connectivity index (χ0v) is 8.96. The van der Waals surface area contributed by atoms with Gasteiger partial charge in [-0.05, 0) is 26.7 Å². The highest BCUT2D eigenvalue weighted by Gasteiger charge is 2.20. The number of carbonyl (C=O) groups is 1. The second-order valence-electron chi connectivity index (χ2n) is 3.85. The van der Waals surface area contributed by atoms with Crippen LogP contribution in [0.5, 0.6) is 0 Å². The largest absolute Gasteiger partial charge is 0.385 e. The normalized spacial score (nSPS) is 14.2. The molecule has 0 spiro atoms. The van der Waals surface area contributed by atoms with Crippen LogP contribution < -0.4 is 0 Å². The third-order valence-electron chi connectivity index (χ3n) is 2.28. The number of rotatable bonds is 6. The number of hydrogen-bond donors (Lipinski definition) is 1. The van der Waals surface area contributed by atoms with Gasteiger partial charge in [0.05, 0.1) is 5.60 Å². The number of methoxy groups -OCH3 is 1. The van der Waals surface area contributed by atoms with Gasteiger partial charge < -0.3 is 9.84 Å². The van der Waals surface area contributed by atoms with Gasteiger partial charge in [-0.25, -0.2) is 0 Å². The van der Waals surface area contributed by atoms with Crippen LogP contribution in [0.15, 0.2) is 0 Å². The van der Waals surface area contributed by atoms with Crippen molar-refractivity contribution in [3.63, 3.8) is 0 Å². The van der Waals surface area contributed by atoms with E-state index in [9.17, 15) is 9.90 Å². The van der Waals surface area contributed by atoms with Crippen molar-refractivity contribution in [2.45, 2.75) is 51.7 Å². The Labute approximate surface area is 80.1 Å². The zero-order valence-electron chi connectivity index (χ0n) is 8.96. The summed E-state index contributed by atoms with van der Waals surface area (Å²) in [5.41, 5.74) is -0.275. The van der Waals surface area contributed by atoms with Gasteiger partial charge in [0, 0.05) is 13.5 Å². The van der Waals surface area contributed by atoms with E-state index >= 15 is 0 Å². The van der Waals surface area contributed by atoms with E-state index < -0.39 is 6.10 Å². The standard InChI is InChI=1S/C10H20O3/c1-5-8(11)9(12)6-7-10(2,3)13-4/h8,11H,5-7H2,1-4H3. The van der Waals surface area contributed by atoms with Crippen LogP contribution in [0.2, 0.25) is 0 Å². The van der Waals surface area contributed by atoms with Crippen molar-refractivity contribution in [3.8, 4) is 0 Å². The molecule has 0 aromatic heterocycles. The Kier molecular flexibility index (Phi) is 5.18.